The largest absolute Gasteiger partial charge is 0.452 e. The van der Waals surface area contributed by atoms with Crippen molar-refractivity contribution in [1.29, 1.82) is 0 Å². The minimum atomic E-state index is -0.740. The van der Waals surface area contributed by atoms with Crippen LogP contribution < -0.4 is 10.6 Å². The summed E-state index contributed by atoms with van der Waals surface area (Å²) in [6.07, 6.45) is 0. The number of amides is 2. The SMILES string of the molecule is Cc1ccc(NC(=O)COC(=O)c2c(NC(=O)C(C)(C)C)sc(C)c2C)cc1[N+](=O)[O-]. The van der Waals surface area contributed by atoms with Gasteiger partial charge in [0, 0.05) is 27.6 Å². The van der Waals surface area contributed by atoms with Gasteiger partial charge in [-0.25, -0.2) is 4.79 Å². The van der Waals surface area contributed by atoms with E-state index in [4.69, 9.17) is 4.74 Å². The number of nitro benzene ring substituents is 1. The van der Waals surface area contributed by atoms with E-state index in [0.717, 1.165) is 4.88 Å². The fourth-order valence-corrected chi connectivity index (χ4v) is 3.58. The number of rotatable bonds is 6. The Bertz CT molecular complexity index is 1050. The molecule has 0 aliphatic heterocycles. The van der Waals surface area contributed by atoms with Crippen LogP contribution in [0.1, 0.15) is 47.1 Å². The fraction of sp³-hybridized carbons (Fsp3) is 0.381. The van der Waals surface area contributed by atoms with E-state index >= 15 is 0 Å². The second-order valence-corrected chi connectivity index (χ2v) is 9.30. The monoisotopic (exact) mass is 447 g/mol. The van der Waals surface area contributed by atoms with E-state index in [1.807, 2.05) is 6.92 Å². The summed E-state index contributed by atoms with van der Waals surface area (Å²) in [5.74, 6) is -1.63. The summed E-state index contributed by atoms with van der Waals surface area (Å²) in [7, 11) is 0. The summed E-state index contributed by atoms with van der Waals surface area (Å²) < 4.78 is 5.14. The normalized spacial score (nSPS) is 11.0. The quantitative estimate of drug-likeness (QED) is 0.385. The van der Waals surface area contributed by atoms with Gasteiger partial charge < -0.3 is 15.4 Å². The van der Waals surface area contributed by atoms with Gasteiger partial charge in [-0.1, -0.05) is 26.8 Å². The first-order valence-corrected chi connectivity index (χ1v) is 10.3. The standard InChI is InChI=1S/C21H25N3O6S/c1-11-7-8-14(9-15(11)24(28)29)22-16(25)10-30-19(26)17-12(2)13(3)31-18(17)23-20(27)21(4,5)6/h7-9H,10H2,1-6H3,(H,22,25)(H,23,27). The number of aryl methyl sites for hydroxylation is 2. The Morgan fingerprint density at radius 2 is 1.77 bits per heavy atom. The van der Waals surface area contributed by atoms with Gasteiger partial charge in [-0.3, -0.25) is 19.7 Å². The van der Waals surface area contributed by atoms with Gasteiger partial charge in [0.25, 0.3) is 11.6 Å². The van der Waals surface area contributed by atoms with Crippen LogP contribution in [0.5, 0.6) is 0 Å². The number of hydrogen-bond acceptors (Lipinski definition) is 7. The lowest BCUT2D eigenvalue weighted by Gasteiger charge is -2.17. The molecule has 0 saturated heterocycles. The van der Waals surface area contributed by atoms with Crippen LogP contribution in [0.2, 0.25) is 0 Å². The number of ether oxygens (including phenoxy) is 1. The van der Waals surface area contributed by atoms with Gasteiger partial charge in [0.2, 0.25) is 5.91 Å². The molecule has 0 aliphatic rings. The number of nitro groups is 1. The third-order valence-corrected chi connectivity index (χ3v) is 5.64. The highest BCUT2D eigenvalue weighted by atomic mass is 32.1. The second kappa shape index (κ2) is 9.25. The molecule has 2 N–H and O–H groups in total. The van der Waals surface area contributed by atoms with Crippen molar-refractivity contribution >= 4 is 45.5 Å². The highest BCUT2D eigenvalue weighted by Crippen LogP contribution is 2.34. The molecule has 0 atom stereocenters. The Labute approximate surface area is 183 Å². The van der Waals surface area contributed by atoms with Gasteiger partial charge >= 0.3 is 5.97 Å². The smallest absolute Gasteiger partial charge is 0.341 e. The minimum Gasteiger partial charge on any atom is -0.452 e. The Morgan fingerprint density at radius 1 is 1.13 bits per heavy atom. The van der Waals surface area contributed by atoms with Crippen LogP contribution in [0.25, 0.3) is 0 Å². The van der Waals surface area contributed by atoms with Crippen LogP contribution in [0.15, 0.2) is 18.2 Å². The van der Waals surface area contributed by atoms with Crippen LogP contribution >= 0.6 is 11.3 Å². The number of carbonyl (C=O) groups is 3. The van der Waals surface area contributed by atoms with Crippen molar-refractivity contribution in [3.8, 4) is 0 Å². The predicted octanol–water partition coefficient (Wildman–Crippen LogP) is 4.36. The lowest BCUT2D eigenvalue weighted by Crippen LogP contribution is -2.28. The first kappa shape index (κ1) is 24.0. The number of esters is 1. The Morgan fingerprint density at radius 3 is 2.35 bits per heavy atom. The number of nitrogens with zero attached hydrogens (tertiary/aromatic N) is 1. The van der Waals surface area contributed by atoms with Gasteiger partial charge in [0.1, 0.15) is 5.00 Å². The molecule has 0 radical (unpaired) electrons. The van der Waals surface area contributed by atoms with Crippen LogP contribution in [-0.2, 0) is 14.3 Å². The number of carbonyl (C=O) groups excluding carboxylic acids is 3. The van der Waals surface area contributed by atoms with Crippen molar-refractivity contribution < 1.29 is 24.0 Å². The van der Waals surface area contributed by atoms with Crippen LogP contribution in [0, 0.1) is 36.3 Å². The van der Waals surface area contributed by atoms with Gasteiger partial charge in [0.05, 0.1) is 10.5 Å². The zero-order valence-electron chi connectivity index (χ0n) is 18.2. The Balaban J connectivity index is 2.09. The summed E-state index contributed by atoms with van der Waals surface area (Å²) in [5, 5.41) is 16.6. The summed E-state index contributed by atoms with van der Waals surface area (Å²) in [6, 6.07) is 4.28. The molecular weight excluding hydrogens is 422 g/mol. The van der Waals surface area contributed by atoms with E-state index in [9.17, 15) is 24.5 Å². The fourth-order valence-electron chi connectivity index (χ4n) is 2.54. The van der Waals surface area contributed by atoms with Crippen LogP contribution in [0.4, 0.5) is 16.4 Å². The third-order valence-electron chi connectivity index (χ3n) is 4.52. The van der Waals surface area contributed by atoms with Gasteiger partial charge in [-0.2, -0.15) is 0 Å². The topological polar surface area (TPSA) is 128 Å². The summed E-state index contributed by atoms with van der Waals surface area (Å²) in [6.45, 7) is 9.84. The van der Waals surface area contributed by atoms with Crippen molar-refractivity contribution in [2.45, 2.75) is 41.5 Å². The van der Waals surface area contributed by atoms with E-state index in [1.54, 1.807) is 34.6 Å². The highest BCUT2D eigenvalue weighted by molar-refractivity contribution is 7.16. The molecule has 2 aromatic rings. The number of thiophene rings is 1. The lowest BCUT2D eigenvalue weighted by atomic mass is 9.96. The summed E-state index contributed by atoms with van der Waals surface area (Å²) in [5.41, 5.74) is 0.774. The molecule has 166 valence electrons. The van der Waals surface area contributed by atoms with Crippen molar-refractivity contribution in [2.75, 3.05) is 17.2 Å². The number of benzene rings is 1. The number of nitrogens with one attached hydrogen (secondary N) is 2. The maximum Gasteiger partial charge on any atom is 0.341 e. The molecule has 0 aliphatic carbocycles. The van der Waals surface area contributed by atoms with E-state index in [2.05, 4.69) is 10.6 Å². The molecule has 1 aromatic carbocycles. The van der Waals surface area contributed by atoms with Crippen molar-refractivity contribution in [3.63, 3.8) is 0 Å². The molecule has 0 bridgehead atoms. The summed E-state index contributed by atoms with van der Waals surface area (Å²) in [4.78, 5) is 48.5. The minimum absolute atomic E-state index is 0.126. The Hall–Kier alpha value is -3.27. The molecule has 2 rings (SSSR count). The molecule has 0 saturated carbocycles. The number of hydrogen-bond donors (Lipinski definition) is 2. The van der Waals surface area contributed by atoms with E-state index in [0.29, 0.717) is 16.1 Å². The van der Waals surface area contributed by atoms with E-state index < -0.39 is 28.8 Å². The lowest BCUT2D eigenvalue weighted by molar-refractivity contribution is -0.385. The molecule has 2 amide bonds. The van der Waals surface area contributed by atoms with E-state index in [1.165, 1.54) is 29.5 Å². The van der Waals surface area contributed by atoms with Crippen LogP contribution in [-0.4, -0.2) is 29.3 Å². The molecule has 0 spiro atoms. The van der Waals surface area contributed by atoms with Gasteiger partial charge in [-0.05, 0) is 32.4 Å². The molecule has 31 heavy (non-hydrogen) atoms. The average molecular weight is 448 g/mol. The first-order valence-electron chi connectivity index (χ1n) is 9.44. The third kappa shape index (κ3) is 5.88. The first-order chi connectivity index (χ1) is 14.3. The van der Waals surface area contributed by atoms with Gasteiger partial charge in [0.15, 0.2) is 6.61 Å². The van der Waals surface area contributed by atoms with Crippen LogP contribution in [0.3, 0.4) is 0 Å². The Kier molecular flexibility index (Phi) is 7.17. The molecule has 10 heteroatoms. The zero-order chi connectivity index (χ0) is 23.5. The van der Waals surface area contributed by atoms with E-state index in [-0.39, 0.29) is 22.8 Å². The number of anilines is 2. The predicted molar refractivity (Wildman–Crippen MR) is 119 cm³/mol. The average Bonchev–Trinajstić information content (AvgIpc) is 2.94. The summed E-state index contributed by atoms with van der Waals surface area (Å²) >= 11 is 1.26. The molecule has 0 fully saturated rings. The molecule has 1 aromatic heterocycles. The molecule has 9 nitrogen and oxygen atoms in total. The highest BCUT2D eigenvalue weighted by Gasteiger charge is 2.27. The van der Waals surface area contributed by atoms with Crippen molar-refractivity contribution in [1.82, 2.24) is 0 Å². The zero-order valence-corrected chi connectivity index (χ0v) is 19.1. The van der Waals surface area contributed by atoms with Gasteiger partial charge in [-0.15, -0.1) is 11.3 Å². The second-order valence-electron chi connectivity index (χ2n) is 8.07. The molecular formula is C21H25N3O6S. The van der Waals surface area contributed by atoms with Crippen molar-refractivity contribution in [2.24, 2.45) is 5.41 Å². The molecule has 1 heterocycles. The maximum absolute atomic E-state index is 12.6. The van der Waals surface area contributed by atoms with Crippen molar-refractivity contribution in [3.05, 3.63) is 49.9 Å². The maximum atomic E-state index is 12.6. The molecule has 0 unspecified atom stereocenters.